The quantitative estimate of drug-likeness (QED) is 0.838. The molecule has 0 radical (unpaired) electrons. The van der Waals surface area contributed by atoms with Crippen molar-refractivity contribution >= 4 is 5.91 Å². The van der Waals surface area contributed by atoms with Crippen LogP contribution >= 0.6 is 0 Å². The summed E-state index contributed by atoms with van der Waals surface area (Å²) < 4.78 is 2.04. The van der Waals surface area contributed by atoms with Crippen LogP contribution in [0.25, 0.3) is 0 Å². The Kier molecular flexibility index (Phi) is 5.33. The fourth-order valence-electron chi connectivity index (χ4n) is 3.46. The molecule has 0 spiro atoms. The Morgan fingerprint density at radius 2 is 2.12 bits per heavy atom. The van der Waals surface area contributed by atoms with E-state index in [1.165, 1.54) is 0 Å². The van der Waals surface area contributed by atoms with E-state index in [1.807, 2.05) is 30.6 Å². The van der Waals surface area contributed by atoms with Crippen LogP contribution in [0, 0.1) is 11.3 Å². The zero-order valence-electron chi connectivity index (χ0n) is 15.5. The van der Waals surface area contributed by atoms with Gasteiger partial charge >= 0.3 is 0 Å². The highest BCUT2D eigenvalue weighted by Crippen LogP contribution is 2.27. The number of carbonyl (C=O) groups excluding carboxylic acids is 1. The van der Waals surface area contributed by atoms with Crippen LogP contribution in [0.2, 0.25) is 0 Å². The molecule has 2 aromatic rings. The summed E-state index contributed by atoms with van der Waals surface area (Å²) in [5.41, 5.74) is 0.897. The van der Waals surface area contributed by atoms with Gasteiger partial charge in [-0.15, -0.1) is 10.2 Å². The van der Waals surface area contributed by atoms with Crippen LogP contribution < -0.4 is 0 Å². The van der Waals surface area contributed by atoms with Crippen molar-refractivity contribution in [2.24, 2.45) is 7.05 Å². The van der Waals surface area contributed by atoms with Gasteiger partial charge in [0.05, 0.1) is 23.7 Å². The lowest BCUT2D eigenvalue weighted by Gasteiger charge is -2.32. The van der Waals surface area contributed by atoms with E-state index in [0.29, 0.717) is 24.2 Å². The van der Waals surface area contributed by atoms with Gasteiger partial charge in [-0.3, -0.25) is 4.79 Å². The second kappa shape index (κ2) is 7.67. The van der Waals surface area contributed by atoms with Gasteiger partial charge in [0.1, 0.15) is 11.6 Å². The van der Waals surface area contributed by atoms with Crippen LogP contribution in [0.3, 0.4) is 0 Å². The fraction of sp³-hybridized carbons (Fsp3) is 0.474. The minimum Gasteiger partial charge on any atom is -0.338 e. The molecule has 0 unspecified atom stereocenters. The molecular formula is C19H24N6O. The first-order valence-corrected chi connectivity index (χ1v) is 8.82. The predicted octanol–water partition coefficient (Wildman–Crippen LogP) is 1.77. The van der Waals surface area contributed by atoms with Gasteiger partial charge < -0.3 is 14.4 Å². The number of hydrogen-bond acceptors (Lipinski definition) is 5. The first-order valence-electron chi connectivity index (χ1n) is 8.82. The number of carbonyl (C=O) groups is 1. The van der Waals surface area contributed by atoms with Crippen molar-refractivity contribution in [3.8, 4) is 6.07 Å². The lowest BCUT2D eigenvalue weighted by atomic mass is 9.96. The van der Waals surface area contributed by atoms with Gasteiger partial charge in [-0.1, -0.05) is 12.1 Å². The highest BCUT2D eigenvalue weighted by molar-refractivity contribution is 5.96. The smallest absolute Gasteiger partial charge is 0.255 e. The molecule has 1 aliphatic heterocycles. The van der Waals surface area contributed by atoms with E-state index in [4.69, 9.17) is 0 Å². The summed E-state index contributed by atoms with van der Waals surface area (Å²) in [6.07, 6.45) is 1.90. The largest absolute Gasteiger partial charge is 0.338 e. The Hall–Kier alpha value is -2.72. The predicted molar refractivity (Wildman–Crippen MR) is 97.4 cm³/mol. The second-order valence-corrected chi connectivity index (χ2v) is 7.02. The zero-order valence-corrected chi connectivity index (χ0v) is 15.5. The number of hydrogen-bond donors (Lipinski definition) is 0. The average Bonchev–Trinajstić information content (AvgIpc) is 3.01. The van der Waals surface area contributed by atoms with E-state index in [0.717, 1.165) is 31.0 Å². The maximum absolute atomic E-state index is 12.9. The molecule has 136 valence electrons. The summed E-state index contributed by atoms with van der Waals surface area (Å²) in [5, 5.41) is 18.0. The summed E-state index contributed by atoms with van der Waals surface area (Å²) >= 11 is 0. The molecule has 26 heavy (non-hydrogen) atoms. The van der Waals surface area contributed by atoms with E-state index in [-0.39, 0.29) is 11.8 Å². The molecule has 1 aromatic carbocycles. The molecule has 1 aromatic heterocycles. The number of benzene rings is 1. The van der Waals surface area contributed by atoms with Crippen LogP contribution in [-0.2, 0) is 13.6 Å². The van der Waals surface area contributed by atoms with Crippen molar-refractivity contribution < 1.29 is 4.79 Å². The van der Waals surface area contributed by atoms with Gasteiger partial charge in [0.25, 0.3) is 5.91 Å². The third-order valence-electron chi connectivity index (χ3n) is 4.81. The molecule has 1 aliphatic rings. The van der Waals surface area contributed by atoms with E-state index >= 15 is 0 Å². The summed E-state index contributed by atoms with van der Waals surface area (Å²) in [6.45, 7) is 2.04. The molecule has 0 aliphatic carbocycles. The zero-order chi connectivity index (χ0) is 18.7. The Bertz CT molecular complexity index is 835. The number of aromatic nitrogens is 3. The molecule has 7 heteroatoms. The Morgan fingerprint density at radius 1 is 1.35 bits per heavy atom. The van der Waals surface area contributed by atoms with E-state index < -0.39 is 0 Å². The molecular weight excluding hydrogens is 328 g/mol. The van der Waals surface area contributed by atoms with Crippen molar-refractivity contribution in [3.63, 3.8) is 0 Å². The van der Waals surface area contributed by atoms with Crippen LogP contribution in [0.1, 0.15) is 46.3 Å². The van der Waals surface area contributed by atoms with Gasteiger partial charge in [0, 0.05) is 26.1 Å². The van der Waals surface area contributed by atoms with Crippen molar-refractivity contribution in [1.82, 2.24) is 24.6 Å². The monoisotopic (exact) mass is 352 g/mol. The normalized spacial score (nSPS) is 17.3. The molecule has 1 fully saturated rings. The van der Waals surface area contributed by atoms with Crippen molar-refractivity contribution in [1.29, 1.82) is 5.26 Å². The molecule has 0 bridgehead atoms. The number of rotatable bonds is 4. The van der Waals surface area contributed by atoms with E-state index in [1.54, 1.807) is 24.3 Å². The average molecular weight is 352 g/mol. The van der Waals surface area contributed by atoms with Gasteiger partial charge in [0.2, 0.25) is 0 Å². The SMILES string of the molecule is CN(C)Cc1nnc([C@H]2CCCN(C(=O)c3ccccc3C#N)C2)n1C. The summed E-state index contributed by atoms with van der Waals surface area (Å²) in [5.74, 6) is 1.93. The van der Waals surface area contributed by atoms with Crippen LogP contribution in [0.15, 0.2) is 24.3 Å². The van der Waals surface area contributed by atoms with Gasteiger partial charge in [-0.05, 0) is 39.1 Å². The molecule has 1 saturated heterocycles. The molecule has 1 amide bonds. The maximum atomic E-state index is 12.9. The molecule has 7 nitrogen and oxygen atoms in total. The lowest BCUT2D eigenvalue weighted by Crippen LogP contribution is -2.40. The fourth-order valence-corrected chi connectivity index (χ4v) is 3.46. The number of amides is 1. The topological polar surface area (TPSA) is 78.1 Å². The lowest BCUT2D eigenvalue weighted by molar-refractivity contribution is 0.0703. The Balaban J connectivity index is 1.79. The third kappa shape index (κ3) is 3.60. The van der Waals surface area contributed by atoms with Crippen molar-refractivity contribution in [2.45, 2.75) is 25.3 Å². The Morgan fingerprint density at radius 3 is 2.85 bits per heavy atom. The Labute approximate surface area is 153 Å². The second-order valence-electron chi connectivity index (χ2n) is 7.02. The first kappa shape index (κ1) is 18.1. The number of nitrogens with zero attached hydrogens (tertiary/aromatic N) is 6. The standard InChI is InChI=1S/C19H24N6O/c1-23(2)13-17-21-22-18(24(17)3)15-8-6-10-25(12-15)19(26)16-9-5-4-7-14(16)11-20/h4-5,7,9,15H,6,8,10,12-13H2,1-3H3/t15-/m0/s1. The van der Waals surface area contributed by atoms with Crippen LogP contribution in [0.4, 0.5) is 0 Å². The molecule has 1 atom stereocenters. The number of nitriles is 1. The van der Waals surface area contributed by atoms with Crippen molar-refractivity contribution in [3.05, 3.63) is 47.0 Å². The molecule has 0 saturated carbocycles. The summed E-state index contributed by atoms with van der Waals surface area (Å²) in [4.78, 5) is 16.8. The van der Waals surface area contributed by atoms with Crippen LogP contribution in [-0.4, -0.2) is 57.7 Å². The summed E-state index contributed by atoms with van der Waals surface area (Å²) in [7, 11) is 5.99. The minimum absolute atomic E-state index is 0.0810. The highest BCUT2D eigenvalue weighted by atomic mass is 16.2. The number of piperidine rings is 1. The van der Waals surface area contributed by atoms with Crippen LogP contribution in [0.5, 0.6) is 0 Å². The highest BCUT2D eigenvalue weighted by Gasteiger charge is 2.29. The van der Waals surface area contributed by atoms with Crippen molar-refractivity contribution in [2.75, 3.05) is 27.2 Å². The minimum atomic E-state index is -0.0810. The molecule has 0 N–H and O–H groups in total. The van der Waals surface area contributed by atoms with Gasteiger partial charge in [0.15, 0.2) is 0 Å². The van der Waals surface area contributed by atoms with E-state index in [9.17, 15) is 10.1 Å². The van der Waals surface area contributed by atoms with Gasteiger partial charge in [-0.2, -0.15) is 5.26 Å². The van der Waals surface area contributed by atoms with Gasteiger partial charge in [-0.25, -0.2) is 0 Å². The maximum Gasteiger partial charge on any atom is 0.255 e. The van der Waals surface area contributed by atoms with E-state index in [2.05, 4.69) is 21.2 Å². The first-order chi connectivity index (χ1) is 12.5. The third-order valence-corrected chi connectivity index (χ3v) is 4.81. The molecule has 3 rings (SSSR count). The number of likely N-dealkylation sites (tertiary alicyclic amines) is 1. The summed E-state index contributed by atoms with van der Waals surface area (Å²) in [6, 6.07) is 9.10. The molecule has 2 heterocycles.